The molecule has 0 radical (unpaired) electrons. The van der Waals surface area contributed by atoms with E-state index in [2.05, 4.69) is 10.3 Å². The molecule has 6 heteroatoms. The van der Waals surface area contributed by atoms with Gasteiger partial charge in [-0.15, -0.1) is 0 Å². The zero-order valence-electron chi connectivity index (χ0n) is 14.3. The maximum atomic E-state index is 12.5. The Hall–Kier alpha value is -2.89. The van der Waals surface area contributed by atoms with Crippen LogP contribution >= 0.6 is 0 Å². The number of hydrogen-bond acceptors (Lipinski definition) is 4. The average molecular weight is 339 g/mol. The summed E-state index contributed by atoms with van der Waals surface area (Å²) in [4.78, 5) is 30.7. The maximum Gasteiger partial charge on any atom is 0.229 e. The molecule has 1 saturated heterocycles. The number of anilines is 1. The van der Waals surface area contributed by atoms with E-state index in [1.807, 2.05) is 37.3 Å². The number of methoxy groups -OCH3 is 1. The van der Waals surface area contributed by atoms with E-state index in [9.17, 15) is 9.59 Å². The fraction of sp³-hybridized carbons (Fsp3) is 0.316. The van der Waals surface area contributed by atoms with E-state index >= 15 is 0 Å². The number of hydrogen-bond donors (Lipinski definition) is 1. The third-order valence-electron chi connectivity index (χ3n) is 4.49. The Bertz CT molecular complexity index is 746. The van der Waals surface area contributed by atoms with E-state index in [4.69, 9.17) is 4.74 Å². The van der Waals surface area contributed by atoms with Gasteiger partial charge in [-0.2, -0.15) is 0 Å². The van der Waals surface area contributed by atoms with Gasteiger partial charge < -0.3 is 15.0 Å². The molecule has 25 heavy (non-hydrogen) atoms. The Labute approximate surface area is 146 Å². The van der Waals surface area contributed by atoms with Crippen molar-refractivity contribution in [1.82, 2.24) is 9.88 Å². The third kappa shape index (κ3) is 3.79. The lowest BCUT2D eigenvalue weighted by Gasteiger charge is -2.25. The van der Waals surface area contributed by atoms with Crippen molar-refractivity contribution in [3.63, 3.8) is 0 Å². The number of pyridine rings is 1. The molecule has 0 spiro atoms. The second-order valence-electron chi connectivity index (χ2n) is 6.11. The van der Waals surface area contributed by atoms with Crippen molar-refractivity contribution in [2.75, 3.05) is 19.0 Å². The van der Waals surface area contributed by atoms with E-state index in [-0.39, 0.29) is 30.2 Å². The second-order valence-corrected chi connectivity index (χ2v) is 6.11. The van der Waals surface area contributed by atoms with Gasteiger partial charge in [0.1, 0.15) is 0 Å². The summed E-state index contributed by atoms with van der Waals surface area (Å²) in [5.74, 6) is -0.0369. The van der Waals surface area contributed by atoms with E-state index in [0.29, 0.717) is 18.1 Å². The molecule has 1 aliphatic rings. The zero-order chi connectivity index (χ0) is 17.8. The highest BCUT2D eigenvalue weighted by molar-refractivity contribution is 5.97. The molecule has 0 aliphatic carbocycles. The lowest BCUT2D eigenvalue weighted by atomic mass is 10.1. The zero-order valence-corrected chi connectivity index (χ0v) is 14.3. The first-order valence-electron chi connectivity index (χ1n) is 8.24. The van der Waals surface area contributed by atoms with Crippen molar-refractivity contribution in [3.8, 4) is 5.88 Å². The van der Waals surface area contributed by atoms with Crippen LogP contribution < -0.4 is 10.1 Å². The minimum atomic E-state index is -0.360. The van der Waals surface area contributed by atoms with Crippen LogP contribution in [0.4, 0.5) is 5.69 Å². The van der Waals surface area contributed by atoms with Gasteiger partial charge in [-0.1, -0.05) is 30.3 Å². The molecule has 0 bridgehead atoms. The molecule has 1 N–H and O–H groups in total. The van der Waals surface area contributed by atoms with Crippen molar-refractivity contribution in [2.24, 2.45) is 5.92 Å². The molecule has 2 heterocycles. The fourth-order valence-corrected chi connectivity index (χ4v) is 3.01. The lowest BCUT2D eigenvalue weighted by molar-refractivity contribution is -0.129. The van der Waals surface area contributed by atoms with Gasteiger partial charge in [-0.05, 0) is 18.6 Å². The number of aromatic nitrogens is 1. The van der Waals surface area contributed by atoms with Crippen LogP contribution in [0.3, 0.4) is 0 Å². The first-order chi connectivity index (χ1) is 12.1. The van der Waals surface area contributed by atoms with Gasteiger partial charge in [-0.3, -0.25) is 9.59 Å². The van der Waals surface area contributed by atoms with E-state index in [1.165, 1.54) is 13.3 Å². The molecule has 1 aromatic heterocycles. The summed E-state index contributed by atoms with van der Waals surface area (Å²) in [6.07, 6.45) is 1.77. The number of amides is 2. The number of carbonyl (C=O) groups is 2. The molecule has 2 atom stereocenters. The quantitative estimate of drug-likeness (QED) is 0.909. The summed E-state index contributed by atoms with van der Waals surface area (Å²) in [7, 11) is 1.53. The summed E-state index contributed by atoms with van der Waals surface area (Å²) in [6.45, 7) is 2.41. The number of nitrogens with zero attached hydrogens (tertiary/aromatic N) is 2. The highest BCUT2D eigenvalue weighted by Gasteiger charge is 2.37. The maximum absolute atomic E-state index is 12.5. The normalized spacial score (nSPS) is 18.1. The number of likely N-dealkylation sites (tertiary alicyclic amines) is 1. The summed E-state index contributed by atoms with van der Waals surface area (Å²) in [6, 6.07) is 13.2. The largest absolute Gasteiger partial charge is 0.481 e. The van der Waals surface area contributed by atoms with E-state index < -0.39 is 0 Å². The number of ether oxygens (including phenoxy) is 1. The van der Waals surface area contributed by atoms with Crippen molar-refractivity contribution >= 4 is 17.5 Å². The Morgan fingerprint density at radius 1 is 1.28 bits per heavy atom. The predicted octanol–water partition coefficient (Wildman–Crippen LogP) is 2.64. The predicted molar refractivity (Wildman–Crippen MR) is 94.1 cm³/mol. The van der Waals surface area contributed by atoms with E-state index in [1.54, 1.807) is 17.0 Å². The Balaban J connectivity index is 1.64. The van der Waals surface area contributed by atoms with Gasteiger partial charge in [0.15, 0.2) is 0 Å². The number of rotatable bonds is 5. The molecule has 130 valence electrons. The molecule has 3 rings (SSSR count). The van der Waals surface area contributed by atoms with Crippen LogP contribution in [0.1, 0.15) is 24.9 Å². The fourth-order valence-electron chi connectivity index (χ4n) is 3.01. The minimum Gasteiger partial charge on any atom is -0.481 e. The molecule has 0 unspecified atom stereocenters. The molecule has 6 nitrogen and oxygen atoms in total. The standard InChI is InChI=1S/C19H21N3O3/c1-13(14-6-4-3-5-7-14)22-12-15(10-18(22)23)19(24)21-16-8-9-17(25-2)20-11-16/h3-9,11,13,15H,10,12H2,1-2H3,(H,21,24)/t13-,15+/m0/s1. The Morgan fingerprint density at radius 3 is 2.68 bits per heavy atom. The number of nitrogens with one attached hydrogen (secondary N) is 1. The number of carbonyl (C=O) groups excluding carboxylic acids is 2. The summed E-state index contributed by atoms with van der Waals surface area (Å²) in [5, 5.41) is 2.82. The van der Waals surface area contributed by atoms with Crippen LogP contribution in [0.2, 0.25) is 0 Å². The molecule has 2 amide bonds. The molecule has 1 aliphatic heterocycles. The summed E-state index contributed by atoms with van der Waals surface area (Å²) >= 11 is 0. The summed E-state index contributed by atoms with van der Waals surface area (Å²) in [5.41, 5.74) is 1.66. The summed E-state index contributed by atoms with van der Waals surface area (Å²) < 4.78 is 5.00. The van der Waals surface area contributed by atoms with Crippen LogP contribution in [0, 0.1) is 5.92 Å². The second kappa shape index (κ2) is 7.34. The Kier molecular flexibility index (Phi) is 4.97. The van der Waals surface area contributed by atoms with Crippen LogP contribution in [0.5, 0.6) is 5.88 Å². The van der Waals surface area contributed by atoms with Crippen molar-refractivity contribution in [3.05, 3.63) is 54.2 Å². The van der Waals surface area contributed by atoms with Gasteiger partial charge in [0.2, 0.25) is 17.7 Å². The molecule has 1 aromatic carbocycles. The molecular weight excluding hydrogens is 318 g/mol. The van der Waals surface area contributed by atoms with E-state index in [0.717, 1.165) is 5.56 Å². The van der Waals surface area contributed by atoms with Crippen molar-refractivity contribution < 1.29 is 14.3 Å². The van der Waals surface area contributed by atoms with Crippen molar-refractivity contribution in [2.45, 2.75) is 19.4 Å². The van der Waals surface area contributed by atoms with Crippen LogP contribution in [0.15, 0.2) is 48.7 Å². The molecule has 0 saturated carbocycles. The first-order valence-corrected chi connectivity index (χ1v) is 8.24. The highest BCUT2D eigenvalue weighted by Crippen LogP contribution is 2.29. The van der Waals surface area contributed by atoms with Gasteiger partial charge in [0.05, 0.1) is 31.0 Å². The highest BCUT2D eigenvalue weighted by atomic mass is 16.5. The first kappa shape index (κ1) is 17.0. The van der Waals surface area contributed by atoms with Gasteiger partial charge in [0, 0.05) is 19.0 Å². The lowest BCUT2D eigenvalue weighted by Crippen LogP contribution is -2.30. The SMILES string of the molecule is COc1ccc(NC(=O)[C@@H]2CC(=O)N([C@@H](C)c3ccccc3)C2)cn1. The minimum absolute atomic E-state index is 0.00404. The van der Waals surface area contributed by atoms with Crippen LogP contribution in [0.25, 0.3) is 0 Å². The van der Waals surface area contributed by atoms with Gasteiger partial charge in [-0.25, -0.2) is 4.98 Å². The Morgan fingerprint density at radius 2 is 2.04 bits per heavy atom. The monoisotopic (exact) mass is 339 g/mol. The van der Waals surface area contributed by atoms with Gasteiger partial charge in [0.25, 0.3) is 0 Å². The molecule has 2 aromatic rings. The smallest absolute Gasteiger partial charge is 0.229 e. The number of benzene rings is 1. The average Bonchev–Trinajstić information content (AvgIpc) is 3.04. The van der Waals surface area contributed by atoms with Crippen LogP contribution in [-0.2, 0) is 9.59 Å². The van der Waals surface area contributed by atoms with Gasteiger partial charge >= 0.3 is 0 Å². The van der Waals surface area contributed by atoms with Crippen LogP contribution in [-0.4, -0.2) is 35.4 Å². The molecule has 1 fully saturated rings. The topological polar surface area (TPSA) is 71.5 Å². The third-order valence-corrected chi connectivity index (χ3v) is 4.49. The molecular formula is C19H21N3O3. The van der Waals surface area contributed by atoms with Crippen molar-refractivity contribution in [1.29, 1.82) is 0 Å².